The van der Waals surface area contributed by atoms with Gasteiger partial charge < -0.3 is 9.47 Å². The molecule has 3 heteroatoms. The molecule has 0 saturated carbocycles. The van der Waals surface area contributed by atoms with Crippen LogP contribution in [0.15, 0.2) is 42.5 Å². The smallest absolute Gasteiger partial charge is 0.292 e. The highest BCUT2D eigenvalue weighted by Gasteiger charge is 2.22. The third-order valence-electron chi connectivity index (χ3n) is 3.28. The summed E-state index contributed by atoms with van der Waals surface area (Å²) in [7, 11) is 1.68. The van der Waals surface area contributed by atoms with Gasteiger partial charge in [0.05, 0.1) is 12.7 Å². The lowest BCUT2D eigenvalue weighted by Crippen LogP contribution is -2.21. The molecule has 3 rings (SSSR count). The van der Waals surface area contributed by atoms with Gasteiger partial charge in [-0.1, -0.05) is 24.3 Å². The van der Waals surface area contributed by atoms with E-state index in [-0.39, 0.29) is 0 Å². The zero-order chi connectivity index (χ0) is 13.2. The molecule has 2 aromatic carbocycles. The van der Waals surface area contributed by atoms with Crippen molar-refractivity contribution in [1.29, 1.82) is 0 Å². The Balaban J connectivity index is 2.08. The Morgan fingerprint density at radius 1 is 1.11 bits per heavy atom. The second-order valence-corrected chi connectivity index (χ2v) is 4.54. The number of hydrogen-bond acceptors (Lipinski definition) is 2. The van der Waals surface area contributed by atoms with Crippen molar-refractivity contribution in [3.63, 3.8) is 0 Å². The van der Waals surface area contributed by atoms with Crippen molar-refractivity contribution < 1.29 is 14.0 Å². The van der Waals surface area contributed by atoms with E-state index >= 15 is 0 Å². The summed E-state index contributed by atoms with van der Waals surface area (Å²) < 4.78 is 13.3. The molecule has 2 aromatic rings. The van der Waals surface area contributed by atoms with Crippen molar-refractivity contribution in [2.45, 2.75) is 6.92 Å². The summed E-state index contributed by atoms with van der Waals surface area (Å²) in [5, 5.41) is 0. The number of fused-ring (bicyclic) bond motifs is 1. The Kier molecular flexibility index (Phi) is 2.95. The molecule has 0 saturated heterocycles. The summed E-state index contributed by atoms with van der Waals surface area (Å²) in [5.41, 5.74) is 3.27. The molecule has 0 aromatic heterocycles. The molecule has 0 aliphatic carbocycles. The highest BCUT2D eigenvalue weighted by Crippen LogP contribution is 2.30. The maximum Gasteiger partial charge on any atom is 0.292 e. The number of ether oxygens (including phenoxy) is 2. The Labute approximate surface area is 112 Å². The van der Waals surface area contributed by atoms with Gasteiger partial charge in [0.1, 0.15) is 5.75 Å². The lowest BCUT2D eigenvalue weighted by Gasteiger charge is -2.16. The zero-order valence-electron chi connectivity index (χ0n) is 11.1. The summed E-state index contributed by atoms with van der Waals surface area (Å²) in [4.78, 5) is 0. The van der Waals surface area contributed by atoms with Crippen LogP contribution >= 0.6 is 0 Å². The summed E-state index contributed by atoms with van der Waals surface area (Å²) in [5.74, 6) is 1.81. The molecule has 0 atom stereocenters. The first-order valence-electron chi connectivity index (χ1n) is 6.26. The molecular formula is C16H16NO2+. The Hall–Kier alpha value is -2.29. The molecule has 3 nitrogen and oxygen atoms in total. The molecule has 0 N–H and O–H groups in total. The average molecular weight is 254 g/mol. The molecule has 0 unspecified atom stereocenters. The van der Waals surface area contributed by atoms with Crippen LogP contribution in [0.1, 0.15) is 11.1 Å². The SMILES string of the molecule is COc1ccccc1[N+]1=Cc2cccc(C)c2OC1. The molecule has 1 heterocycles. The largest absolute Gasteiger partial charge is 0.490 e. The van der Waals surface area contributed by atoms with Crippen LogP contribution in [0.25, 0.3) is 0 Å². The van der Waals surface area contributed by atoms with Crippen LogP contribution < -0.4 is 9.47 Å². The third-order valence-corrected chi connectivity index (χ3v) is 3.28. The minimum atomic E-state index is 0.498. The molecule has 0 amide bonds. The molecule has 19 heavy (non-hydrogen) atoms. The van der Waals surface area contributed by atoms with Crippen molar-refractivity contribution in [1.82, 2.24) is 0 Å². The Bertz CT molecular complexity index is 647. The number of benzene rings is 2. The van der Waals surface area contributed by atoms with Gasteiger partial charge in [0.15, 0.2) is 12.0 Å². The predicted octanol–water partition coefficient (Wildman–Crippen LogP) is 3.12. The van der Waals surface area contributed by atoms with Crippen molar-refractivity contribution in [2.24, 2.45) is 0 Å². The van der Waals surface area contributed by atoms with Crippen LogP contribution in [0.4, 0.5) is 5.69 Å². The maximum atomic E-state index is 5.86. The first-order chi connectivity index (χ1) is 9.29. The van der Waals surface area contributed by atoms with E-state index in [0.717, 1.165) is 28.3 Å². The van der Waals surface area contributed by atoms with Crippen molar-refractivity contribution in [3.8, 4) is 11.5 Å². The van der Waals surface area contributed by atoms with Crippen molar-refractivity contribution in [2.75, 3.05) is 13.8 Å². The van der Waals surface area contributed by atoms with E-state index in [9.17, 15) is 0 Å². The fourth-order valence-corrected chi connectivity index (χ4v) is 2.32. The van der Waals surface area contributed by atoms with E-state index in [1.807, 2.05) is 30.3 Å². The molecule has 0 bridgehead atoms. The number of methoxy groups -OCH3 is 1. The van der Waals surface area contributed by atoms with E-state index in [2.05, 4.69) is 29.8 Å². The number of nitrogens with zero attached hydrogens (tertiary/aromatic N) is 1. The normalized spacial score (nSPS) is 13.3. The summed E-state index contributed by atoms with van der Waals surface area (Å²) in [6.07, 6.45) is 2.10. The first-order valence-corrected chi connectivity index (χ1v) is 6.26. The second kappa shape index (κ2) is 4.76. The topological polar surface area (TPSA) is 21.5 Å². The van der Waals surface area contributed by atoms with Gasteiger partial charge in [-0.3, -0.25) is 0 Å². The van der Waals surface area contributed by atoms with Crippen LogP contribution in [0.3, 0.4) is 0 Å². The lowest BCUT2D eigenvalue weighted by molar-refractivity contribution is -0.476. The molecule has 0 spiro atoms. The minimum Gasteiger partial charge on any atom is -0.490 e. The van der Waals surface area contributed by atoms with Crippen LogP contribution in [0.5, 0.6) is 11.5 Å². The van der Waals surface area contributed by atoms with E-state index in [4.69, 9.17) is 9.47 Å². The highest BCUT2D eigenvalue weighted by molar-refractivity contribution is 5.82. The second-order valence-electron chi connectivity index (χ2n) is 4.54. The number of aryl methyl sites for hydroxylation is 1. The standard InChI is InChI=1S/C16H16NO2/c1-12-6-5-7-13-10-17(11-19-16(12)13)14-8-3-4-9-15(14)18-2/h3-10H,11H2,1-2H3/q+1. The molecule has 96 valence electrons. The van der Waals surface area contributed by atoms with Gasteiger partial charge in [-0.2, -0.15) is 4.58 Å². The molecular weight excluding hydrogens is 238 g/mol. The zero-order valence-corrected chi connectivity index (χ0v) is 11.1. The van der Waals surface area contributed by atoms with Crippen LogP contribution in [-0.2, 0) is 0 Å². The van der Waals surface area contributed by atoms with Gasteiger partial charge in [0.25, 0.3) is 12.4 Å². The van der Waals surface area contributed by atoms with Crippen LogP contribution in [0, 0.1) is 6.92 Å². The first kappa shape index (κ1) is 11.8. The van der Waals surface area contributed by atoms with Gasteiger partial charge in [0, 0.05) is 6.07 Å². The number of hydrogen-bond donors (Lipinski definition) is 0. The van der Waals surface area contributed by atoms with Crippen LogP contribution in [-0.4, -0.2) is 24.6 Å². The summed E-state index contributed by atoms with van der Waals surface area (Å²) >= 11 is 0. The maximum absolute atomic E-state index is 5.86. The minimum absolute atomic E-state index is 0.498. The van der Waals surface area contributed by atoms with Gasteiger partial charge in [-0.15, -0.1) is 0 Å². The molecule has 1 aliphatic heterocycles. The Morgan fingerprint density at radius 3 is 2.79 bits per heavy atom. The summed E-state index contributed by atoms with van der Waals surface area (Å²) in [6.45, 7) is 2.56. The van der Waals surface area contributed by atoms with E-state index in [1.54, 1.807) is 7.11 Å². The highest BCUT2D eigenvalue weighted by atomic mass is 16.5. The Morgan fingerprint density at radius 2 is 1.95 bits per heavy atom. The predicted molar refractivity (Wildman–Crippen MR) is 74.8 cm³/mol. The monoisotopic (exact) mass is 254 g/mol. The molecule has 1 aliphatic rings. The lowest BCUT2D eigenvalue weighted by atomic mass is 10.1. The van der Waals surface area contributed by atoms with Gasteiger partial charge in [-0.25, -0.2) is 0 Å². The van der Waals surface area contributed by atoms with Gasteiger partial charge in [-0.05, 0) is 24.6 Å². The van der Waals surface area contributed by atoms with Crippen LogP contribution in [0.2, 0.25) is 0 Å². The number of para-hydroxylation sites is 3. The van der Waals surface area contributed by atoms with Gasteiger partial charge >= 0.3 is 0 Å². The molecule has 0 fully saturated rings. The number of rotatable bonds is 2. The fourth-order valence-electron chi connectivity index (χ4n) is 2.32. The third kappa shape index (κ3) is 2.08. The van der Waals surface area contributed by atoms with Gasteiger partial charge in [0.2, 0.25) is 0 Å². The van der Waals surface area contributed by atoms with E-state index in [0.29, 0.717) is 6.73 Å². The summed E-state index contributed by atoms with van der Waals surface area (Å²) in [6, 6.07) is 14.1. The van der Waals surface area contributed by atoms with E-state index < -0.39 is 0 Å². The fraction of sp³-hybridized carbons (Fsp3) is 0.188. The van der Waals surface area contributed by atoms with E-state index in [1.165, 1.54) is 0 Å². The quantitative estimate of drug-likeness (QED) is 0.768. The van der Waals surface area contributed by atoms with Crippen molar-refractivity contribution >= 4 is 11.9 Å². The molecule has 0 radical (unpaired) electrons. The van der Waals surface area contributed by atoms with Crippen molar-refractivity contribution in [3.05, 3.63) is 53.6 Å². The average Bonchev–Trinajstić information content (AvgIpc) is 2.47.